The predicted octanol–water partition coefficient (Wildman–Crippen LogP) is 7.48. The molecule has 3 rings (SSSR count). The Kier molecular flexibility index (Phi) is 7.47. The Hall–Kier alpha value is -2.69. The third-order valence-electron chi connectivity index (χ3n) is 5.85. The predicted molar refractivity (Wildman–Crippen MR) is 115 cm³/mol. The van der Waals surface area contributed by atoms with E-state index in [0.717, 1.165) is 48.5 Å². The van der Waals surface area contributed by atoms with E-state index in [1.807, 2.05) is 0 Å². The lowest BCUT2D eigenvalue weighted by Gasteiger charge is -2.43. The van der Waals surface area contributed by atoms with Gasteiger partial charge in [-0.05, 0) is 56.2 Å². The highest BCUT2D eigenvalue weighted by Gasteiger charge is 2.52. The molecule has 0 aliphatic carbocycles. The molecule has 1 aliphatic rings. The maximum absolute atomic E-state index is 15.5. The van der Waals surface area contributed by atoms with Gasteiger partial charge in [0.2, 0.25) is 0 Å². The summed E-state index contributed by atoms with van der Waals surface area (Å²) in [5.74, 6) is -6.07. The Balaban J connectivity index is 1.97. The second kappa shape index (κ2) is 9.64. The van der Waals surface area contributed by atoms with Crippen molar-refractivity contribution < 1.29 is 44.7 Å². The topological polar surface area (TPSA) is 38.3 Å². The number of piperidine rings is 1. The number of carbonyl (C=O) groups is 1. The van der Waals surface area contributed by atoms with Crippen LogP contribution in [0.15, 0.2) is 48.5 Å². The van der Waals surface area contributed by atoms with Crippen LogP contribution in [-0.4, -0.2) is 17.5 Å². The maximum Gasteiger partial charge on any atom is 0.416 e. The molecule has 11 heteroatoms. The number of esters is 1. The summed E-state index contributed by atoms with van der Waals surface area (Å²) in [6.07, 6.45) is -10.8. The van der Waals surface area contributed by atoms with Gasteiger partial charge < -0.3 is 10.1 Å². The Bertz CT molecular complexity index is 1050. The van der Waals surface area contributed by atoms with Crippen LogP contribution in [-0.2, 0) is 21.9 Å². The fourth-order valence-electron chi connectivity index (χ4n) is 4.22. The first-order chi connectivity index (χ1) is 16.4. The Morgan fingerprint density at radius 2 is 1.31 bits per heavy atom. The fraction of sp³-hybridized carbons (Fsp3) is 0.480. The van der Waals surface area contributed by atoms with Crippen LogP contribution in [0.3, 0.4) is 0 Å². The van der Waals surface area contributed by atoms with Crippen molar-refractivity contribution in [2.45, 2.75) is 69.6 Å². The summed E-state index contributed by atoms with van der Waals surface area (Å²) in [6.45, 7) is 4.70. The van der Waals surface area contributed by atoms with Crippen molar-refractivity contribution in [2.24, 2.45) is 5.92 Å². The van der Waals surface area contributed by atoms with Crippen LogP contribution in [0.5, 0.6) is 0 Å². The van der Waals surface area contributed by atoms with Gasteiger partial charge in [0, 0.05) is 18.5 Å². The Morgan fingerprint density at radius 3 is 1.72 bits per heavy atom. The number of ether oxygens (including phenoxy) is 1. The number of hydrogen-bond donors (Lipinski definition) is 1. The summed E-state index contributed by atoms with van der Waals surface area (Å²) < 4.78 is 114. The molecular formula is C25H25F8NO2. The van der Waals surface area contributed by atoms with Crippen LogP contribution in [0.25, 0.3) is 0 Å². The van der Waals surface area contributed by atoms with E-state index >= 15 is 8.78 Å². The lowest BCUT2D eigenvalue weighted by Crippen LogP contribution is -2.49. The zero-order chi connectivity index (χ0) is 27.1. The molecule has 3 nitrogen and oxygen atoms in total. The molecule has 198 valence electrons. The van der Waals surface area contributed by atoms with E-state index in [1.165, 1.54) is 0 Å². The van der Waals surface area contributed by atoms with E-state index in [9.17, 15) is 31.1 Å². The number of benzene rings is 2. The number of hydrogen-bond acceptors (Lipinski definition) is 3. The second-order valence-electron chi connectivity index (χ2n) is 9.80. The first-order valence-electron chi connectivity index (χ1n) is 11.1. The van der Waals surface area contributed by atoms with E-state index in [1.54, 1.807) is 20.8 Å². The average molecular weight is 523 g/mol. The minimum absolute atomic E-state index is 0.0767. The van der Waals surface area contributed by atoms with Gasteiger partial charge in [-0.1, -0.05) is 24.3 Å². The summed E-state index contributed by atoms with van der Waals surface area (Å²) >= 11 is 0. The molecule has 1 heterocycles. The van der Waals surface area contributed by atoms with Crippen molar-refractivity contribution in [1.82, 2.24) is 5.32 Å². The van der Waals surface area contributed by atoms with Gasteiger partial charge in [0.1, 0.15) is 5.60 Å². The van der Waals surface area contributed by atoms with Gasteiger partial charge in [-0.15, -0.1) is 0 Å². The molecule has 3 unspecified atom stereocenters. The average Bonchev–Trinajstić information content (AvgIpc) is 2.72. The third kappa shape index (κ3) is 6.74. The zero-order valence-electron chi connectivity index (χ0n) is 19.6. The molecule has 1 aliphatic heterocycles. The van der Waals surface area contributed by atoms with Crippen molar-refractivity contribution in [3.63, 3.8) is 0 Å². The Labute approximate surface area is 202 Å². The van der Waals surface area contributed by atoms with Crippen LogP contribution in [0.2, 0.25) is 0 Å². The number of halogens is 8. The molecule has 2 aromatic carbocycles. The zero-order valence-corrected chi connectivity index (χ0v) is 19.6. The van der Waals surface area contributed by atoms with Crippen LogP contribution in [0.1, 0.15) is 68.0 Å². The van der Waals surface area contributed by atoms with Crippen LogP contribution >= 0.6 is 0 Å². The highest BCUT2D eigenvalue weighted by Crippen LogP contribution is 2.48. The summed E-state index contributed by atoms with van der Waals surface area (Å²) in [5, 5.41) is 2.93. The van der Waals surface area contributed by atoms with E-state index in [2.05, 4.69) is 5.32 Å². The minimum atomic E-state index is -4.64. The SMILES string of the molecule is CC(C)(C)OC(=O)CC1C(c2ccc(C(F)(F)F)cc2)NC(c2ccc(C(F)(F)F)cc2)CC1(F)F. The van der Waals surface area contributed by atoms with E-state index in [-0.39, 0.29) is 11.1 Å². The molecule has 0 saturated carbocycles. The molecule has 1 fully saturated rings. The van der Waals surface area contributed by atoms with Gasteiger partial charge in [0.05, 0.1) is 23.5 Å². The summed E-state index contributed by atoms with van der Waals surface area (Å²) in [5.41, 5.74) is -2.64. The van der Waals surface area contributed by atoms with Crippen molar-refractivity contribution in [1.29, 1.82) is 0 Å². The summed E-state index contributed by atoms with van der Waals surface area (Å²) in [6, 6.07) is 4.90. The largest absolute Gasteiger partial charge is 0.460 e. The van der Waals surface area contributed by atoms with Gasteiger partial charge in [-0.3, -0.25) is 4.79 Å². The molecular weight excluding hydrogens is 498 g/mol. The molecule has 0 amide bonds. The lowest BCUT2D eigenvalue weighted by atomic mass is 9.77. The molecule has 3 atom stereocenters. The molecule has 1 N–H and O–H groups in total. The van der Waals surface area contributed by atoms with Crippen molar-refractivity contribution >= 4 is 5.97 Å². The van der Waals surface area contributed by atoms with Crippen molar-refractivity contribution in [2.75, 3.05) is 0 Å². The highest BCUT2D eigenvalue weighted by atomic mass is 19.4. The van der Waals surface area contributed by atoms with E-state index < -0.39 is 71.8 Å². The monoisotopic (exact) mass is 523 g/mol. The quantitative estimate of drug-likeness (QED) is 0.334. The summed E-state index contributed by atoms with van der Waals surface area (Å²) in [7, 11) is 0. The van der Waals surface area contributed by atoms with Crippen LogP contribution in [0.4, 0.5) is 35.1 Å². The number of nitrogens with one attached hydrogen (secondary N) is 1. The van der Waals surface area contributed by atoms with Crippen molar-refractivity contribution in [3.05, 3.63) is 70.8 Å². The molecule has 2 aromatic rings. The van der Waals surface area contributed by atoms with E-state index in [4.69, 9.17) is 4.74 Å². The lowest BCUT2D eigenvalue weighted by molar-refractivity contribution is -0.166. The first-order valence-corrected chi connectivity index (χ1v) is 11.1. The molecule has 0 spiro atoms. The van der Waals surface area contributed by atoms with Gasteiger partial charge >= 0.3 is 18.3 Å². The summed E-state index contributed by atoms with van der Waals surface area (Å²) in [4.78, 5) is 12.4. The molecule has 0 bridgehead atoms. The number of alkyl halides is 8. The maximum atomic E-state index is 15.5. The highest BCUT2D eigenvalue weighted by molar-refractivity contribution is 5.70. The third-order valence-corrected chi connectivity index (χ3v) is 5.85. The standard InChI is InChI=1S/C25H25F8NO2/c1-22(2,3)36-20(35)12-18-21(15-6-10-17(11-7-15)25(31,32)33)34-19(13-23(18,26)27)14-4-8-16(9-5-14)24(28,29)30/h4-11,18-19,21,34H,12-13H2,1-3H3. The minimum Gasteiger partial charge on any atom is -0.460 e. The van der Waals surface area contributed by atoms with Gasteiger partial charge in [-0.2, -0.15) is 26.3 Å². The second-order valence-corrected chi connectivity index (χ2v) is 9.80. The smallest absolute Gasteiger partial charge is 0.416 e. The van der Waals surface area contributed by atoms with Crippen LogP contribution < -0.4 is 5.32 Å². The fourth-order valence-corrected chi connectivity index (χ4v) is 4.22. The van der Waals surface area contributed by atoms with Gasteiger partial charge in [0.25, 0.3) is 5.92 Å². The van der Waals surface area contributed by atoms with Gasteiger partial charge in [-0.25, -0.2) is 8.78 Å². The molecule has 0 aromatic heterocycles. The van der Waals surface area contributed by atoms with Crippen LogP contribution in [0, 0.1) is 5.92 Å². The Morgan fingerprint density at radius 1 is 0.861 bits per heavy atom. The molecule has 36 heavy (non-hydrogen) atoms. The normalized spacial score (nSPS) is 22.8. The first kappa shape index (κ1) is 27.9. The molecule has 0 radical (unpaired) electrons. The number of carbonyl (C=O) groups excluding carboxylic acids is 1. The van der Waals surface area contributed by atoms with Crippen molar-refractivity contribution in [3.8, 4) is 0 Å². The van der Waals surface area contributed by atoms with E-state index in [0.29, 0.717) is 0 Å². The molecule has 1 saturated heterocycles. The number of rotatable bonds is 4. The van der Waals surface area contributed by atoms with Gasteiger partial charge in [0.15, 0.2) is 0 Å².